The van der Waals surface area contributed by atoms with Crippen molar-refractivity contribution in [3.8, 4) is 5.75 Å². The first-order valence-corrected chi connectivity index (χ1v) is 5.50. The Morgan fingerprint density at radius 2 is 2.07 bits per heavy atom. The molecule has 2 aromatic rings. The summed E-state index contributed by atoms with van der Waals surface area (Å²) in [5, 5.41) is 20.7. The lowest BCUT2D eigenvalue weighted by Crippen LogP contribution is -2.04. The zero-order valence-corrected chi connectivity index (χ0v) is 8.87. The molecule has 1 aromatic carbocycles. The number of benzene rings is 1. The molecule has 0 aliphatic heterocycles. The fourth-order valence-corrected chi connectivity index (χ4v) is 1.70. The van der Waals surface area contributed by atoms with E-state index in [1.165, 1.54) is 16.9 Å². The summed E-state index contributed by atoms with van der Waals surface area (Å²) in [5.41, 5.74) is 2.88. The van der Waals surface area contributed by atoms with E-state index in [-0.39, 0.29) is 0 Å². The minimum atomic E-state index is 0.302. The maximum absolute atomic E-state index is 9.10. The fraction of sp³-hybridized carbons (Fsp3) is 0.200. The van der Waals surface area contributed by atoms with Crippen LogP contribution in [0.15, 0.2) is 29.8 Å². The van der Waals surface area contributed by atoms with E-state index in [0.717, 1.165) is 18.1 Å². The molecule has 0 spiro atoms. The van der Waals surface area contributed by atoms with Crippen LogP contribution in [-0.2, 0) is 6.42 Å². The van der Waals surface area contributed by atoms with Gasteiger partial charge in [-0.25, -0.2) is 0 Å². The minimum Gasteiger partial charge on any atom is -0.508 e. The summed E-state index contributed by atoms with van der Waals surface area (Å²) in [5.74, 6) is 0.302. The van der Waals surface area contributed by atoms with Crippen LogP contribution in [0.1, 0.15) is 5.56 Å². The summed E-state index contributed by atoms with van der Waals surface area (Å²) in [6.45, 7) is 0.819. The van der Waals surface area contributed by atoms with Gasteiger partial charge in [0.25, 0.3) is 0 Å². The van der Waals surface area contributed by atoms with Gasteiger partial charge in [-0.05, 0) is 24.1 Å². The number of phenols is 1. The normalized spacial score (nSPS) is 10.1. The van der Waals surface area contributed by atoms with Gasteiger partial charge < -0.3 is 10.4 Å². The zero-order valence-electron chi connectivity index (χ0n) is 8.05. The van der Waals surface area contributed by atoms with Crippen molar-refractivity contribution < 1.29 is 5.11 Å². The van der Waals surface area contributed by atoms with Crippen LogP contribution >= 0.6 is 11.3 Å². The van der Waals surface area contributed by atoms with Crippen LogP contribution in [0.4, 0.5) is 5.13 Å². The predicted molar refractivity (Wildman–Crippen MR) is 60.2 cm³/mol. The highest BCUT2D eigenvalue weighted by molar-refractivity contribution is 7.13. The summed E-state index contributed by atoms with van der Waals surface area (Å²) in [6, 6.07) is 7.22. The summed E-state index contributed by atoms with van der Waals surface area (Å²) in [7, 11) is 0. The molecule has 0 unspecified atom stereocenters. The summed E-state index contributed by atoms with van der Waals surface area (Å²) < 4.78 is 0. The molecule has 1 aromatic heterocycles. The average molecular weight is 221 g/mol. The van der Waals surface area contributed by atoms with Gasteiger partial charge in [0.15, 0.2) is 0 Å². The molecule has 0 saturated heterocycles. The average Bonchev–Trinajstić information content (AvgIpc) is 2.74. The largest absolute Gasteiger partial charge is 0.508 e. The van der Waals surface area contributed by atoms with E-state index < -0.39 is 0 Å². The van der Waals surface area contributed by atoms with E-state index in [9.17, 15) is 0 Å². The lowest BCUT2D eigenvalue weighted by atomic mass is 10.1. The molecule has 5 heteroatoms. The first-order chi connectivity index (χ1) is 7.34. The van der Waals surface area contributed by atoms with Crippen molar-refractivity contribution in [1.29, 1.82) is 0 Å². The predicted octanol–water partition coefficient (Wildman–Crippen LogP) is 1.90. The zero-order chi connectivity index (χ0) is 10.5. The second-order valence-corrected chi connectivity index (χ2v) is 3.92. The van der Waals surface area contributed by atoms with Crippen molar-refractivity contribution in [2.75, 3.05) is 11.9 Å². The van der Waals surface area contributed by atoms with Gasteiger partial charge in [-0.3, -0.25) is 0 Å². The number of phenolic OH excluding ortho intramolecular Hbond substituents is 1. The number of anilines is 1. The molecule has 0 aliphatic carbocycles. The summed E-state index contributed by atoms with van der Waals surface area (Å²) in [6.07, 6.45) is 0.903. The van der Waals surface area contributed by atoms with E-state index in [1.54, 1.807) is 17.6 Å². The molecule has 0 saturated carbocycles. The van der Waals surface area contributed by atoms with Gasteiger partial charge in [0.05, 0.1) is 0 Å². The number of nitrogens with zero attached hydrogens (tertiary/aromatic N) is 2. The van der Waals surface area contributed by atoms with Gasteiger partial charge in [0.2, 0.25) is 5.13 Å². The quantitative estimate of drug-likeness (QED) is 0.828. The van der Waals surface area contributed by atoms with Crippen LogP contribution in [0.2, 0.25) is 0 Å². The van der Waals surface area contributed by atoms with E-state index in [0.29, 0.717) is 5.75 Å². The smallest absolute Gasteiger partial charge is 0.205 e. The highest BCUT2D eigenvalue weighted by Crippen LogP contribution is 2.11. The van der Waals surface area contributed by atoms with E-state index >= 15 is 0 Å². The van der Waals surface area contributed by atoms with Crippen LogP contribution < -0.4 is 5.32 Å². The molecule has 15 heavy (non-hydrogen) atoms. The van der Waals surface area contributed by atoms with Gasteiger partial charge in [-0.2, -0.15) is 0 Å². The highest BCUT2D eigenvalue weighted by atomic mass is 32.1. The lowest BCUT2D eigenvalue weighted by Gasteiger charge is -2.02. The van der Waals surface area contributed by atoms with Crippen molar-refractivity contribution in [2.24, 2.45) is 0 Å². The van der Waals surface area contributed by atoms with Crippen molar-refractivity contribution in [1.82, 2.24) is 10.2 Å². The van der Waals surface area contributed by atoms with Crippen molar-refractivity contribution >= 4 is 16.5 Å². The third-order valence-corrected chi connectivity index (χ3v) is 2.64. The highest BCUT2D eigenvalue weighted by Gasteiger charge is 1.96. The number of aromatic hydroxyl groups is 1. The fourth-order valence-electron chi connectivity index (χ4n) is 1.23. The van der Waals surface area contributed by atoms with Crippen molar-refractivity contribution in [3.63, 3.8) is 0 Å². The SMILES string of the molecule is Oc1ccc(CCNc2nncs2)cc1. The van der Waals surface area contributed by atoms with Crippen LogP contribution in [-0.4, -0.2) is 21.8 Å². The molecular weight excluding hydrogens is 210 g/mol. The summed E-state index contributed by atoms with van der Waals surface area (Å²) >= 11 is 1.49. The maximum atomic E-state index is 9.10. The Hall–Kier alpha value is -1.62. The van der Waals surface area contributed by atoms with Gasteiger partial charge in [0, 0.05) is 6.54 Å². The first kappa shape index (κ1) is 9.92. The number of nitrogens with one attached hydrogen (secondary N) is 1. The number of hydrogen-bond acceptors (Lipinski definition) is 5. The molecule has 0 atom stereocenters. The molecule has 0 amide bonds. The van der Waals surface area contributed by atoms with E-state index in [1.807, 2.05) is 12.1 Å². The minimum absolute atomic E-state index is 0.302. The molecule has 0 radical (unpaired) electrons. The molecule has 2 N–H and O–H groups in total. The Balaban J connectivity index is 1.81. The summed E-state index contributed by atoms with van der Waals surface area (Å²) in [4.78, 5) is 0. The topological polar surface area (TPSA) is 58.0 Å². The van der Waals surface area contributed by atoms with Crippen molar-refractivity contribution in [2.45, 2.75) is 6.42 Å². The van der Waals surface area contributed by atoms with Gasteiger partial charge in [-0.1, -0.05) is 23.5 Å². The molecular formula is C10H11N3OS. The second-order valence-electron chi connectivity index (χ2n) is 3.09. The van der Waals surface area contributed by atoms with E-state index in [4.69, 9.17) is 5.11 Å². The maximum Gasteiger partial charge on any atom is 0.205 e. The Morgan fingerprint density at radius 1 is 1.27 bits per heavy atom. The van der Waals surface area contributed by atoms with E-state index in [2.05, 4.69) is 15.5 Å². The third-order valence-electron chi connectivity index (χ3n) is 1.99. The Morgan fingerprint density at radius 3 is 2.73 bits per heavy atom. The van der Waals surface area contributed by atoms with Crippen LogP contribution in [0.5, 0.6) is 5.75 Å². The third kappa shape index (κ3) is 2.92. The molecule has 2 rings (SSSR count). The first-order valence-electron chi connectivity index (χ1n) is 4.62. The molecule has 0 bridgehead atoms. The Labute approximate surface area is 91.6 Å². The molecule has 0 fully saturated rings. The number of rotatable bonds is 4. The van der Waals surface area contributed by atoms with Gasteiger partial charge in [0.1, 0.15) is 11.3 Å². The molecule has 4 nitrogen and oxygen atoms in total. The van der Waals surface area contributed by atoms with Crippen LogP contribution in [0.25, 0.3) is 0 Å². The standard InChI is InChI=1S/C10H11N3OS/c14-9-3-1-8(2-4-9)5-6-11-10-13-12-7-15-10/h1-4,7,14H,5-6H2,(H,11,13). The van der Waals surface area contributed by atoms with Crippen LogP contribution in [0.3, 0.4) is 0 Å². The molecule has 78 valence electrons. The number of aromatic nitrogens is 2. The van der Waals surface area contributed by atoms with Crippen LogP contribution in [0, 0.1) is 0 Å². The molecule has 1 heterocycles. The lowest BCUT2D eigenvalue weighted by molar-refractivity contribution is 0.475. The molecule has 0 aliphatic rings. The Bertz CT molecular complexity index is 399. The van der Waals surface area contributed by atoms with Gasteiger partial charge in [-0.15, -0.1) is 10.2 Å². The van der Waals surface area contributed by atoms with Gasteiger partial charge >= 0.3 is 0 Å². The second kappa shape index (κ2) is 4.75. The number of hydrogen-bond donors (Lipinski definition) is 2. The monoisotopic (exact) mass is 221 g/mol. The van der Waals surface area contributed by atoms with Crippen molar-refractivity contribution in [3.05, 3.63) is 35.3 Å². The Kier molecular flexibility index (Phi) is 3.14.